The fourth-order valence-electron chi connectivity index (χ4n) is 2.62. The van der Waals surface area contributed by atoms with Gasteiger partial charge in [0.1, 0.15) is 11.5 Å². The van der Waals surface area contributed by atoms with Crippen LogP contribution in [0.5, 0.6) is 11.5 Å². The van der Waals surface area contributed by atoms with Gasteiger partial charge in [0.05, 0.1) is 14.2 Å². The molecule has 100 valence electrons. The Morgan fingerprint density at radius 3 is 2.84 bits per heavy atom. The number of nitrogens with one attached hydrogen (secondary N) is 1. The summed E-state index contributed by atoms with van der Waals surface area (Å²) >= 11 is 0. The smallest absolute Gasteiger partial charge is 0.170 e. The van der Waals surface area contributed by atoms with E-state index >= 15 is 0 Å². The minimum atomic E-state index is 0.727. The second-order valence-corrected chi connectivity index (χ2v) is 4.52. The third-order valence-electron chi connectivity index (χ3n) is 3.47. The molecule has 0 saturated heterocycles. The average molecular weight is 259 g/mol. The Morgan fingerprint density at radius 1 is 1.26 bits per heavy atom. The van der Waals surface area contributed by atoms with Crippen molar-refractivity contribution in [2.45, 2.75) is 6.42 Å². The Bertz CT molecular complexity index is 619. The summed E-state index contributed by atoms with van der Waals surface area (Å²) in [6.45, 7) is 0.959. The molecule has 1 N–H and O–H groups in total. The quantitative estimate of drug-likeness (QED) is 0.916. The molecule has 0 saturated carbocycles. The second kappa shape index (κ2) is 4.50. The third-order valence-corrected chi connectivity index (χ3v) is 3.47. The molecular formula is C14H17N3O2. The van der Waals surface area contributed by atoms with Crippen LogP contribution in [0.15, 0.2) is 18.2 Å². The number of anilines is 1. The molecule has 2 aromatic rings. The van der Waals surface area contributed by atoms with Gasteiger partial charge in [-0.2, -0.15) is 5.10 Å². The summed E-state index contributed by atoms with van der Waals surface area (Å²) in [4.78, 5) is 0. The van der Waals surface area contributed by atoms with E-state index in [0.29, 0.717) is 0 Å². The number of ether oxygens (including phenoxy) is 2. The maximum absolute atomic E-state index is 5.50. The lowest BCUT2D eigenvalue weighted by Crippen LogP contribution is -2.01. The van der Waals surface area contributed by atoms with Crippen molar-refractivity contribution in [2.75, 3.05) is 26.1 Å². The SMILES string of the molecule is COc1cccc(-c2nn(C)c3c2CCN3)c1OC. The molecule has 1 aromatic carbocycles. The molecule has 0 bridgehead atoms. The Kier molecular flexibility index (Phi) is 2.81. The molecule has 19 heavy (non-hydrogen) atoms. The van der Waals surface area contributed by atoms with Crippen molar-refractivity contribution >= 4 is 5.82 Å². The number of rotatable bonds is 3. The predicted molar refractivity (Wildman–Crippen MR) is 73.9 cm³/mol. The average Bonchev–Trinajstić information content (AvgIpc) is 3.02. The van der Waals surface area contributed by atoms with Crippen LogP contribution in [0.4, 0.5) is 5.82 Å². The molecule has 2 heterocycles. The maximum Gasteiger partial charge on any atom is 0.170 e. The molecule has 3 rings (SSSR count). The van der Waals surface area contributed by atoms with Crippen molar-refractivity contribution in [1.82, 2.24) is 9.78 Å². The minimum absolute atomic E-state index is 0.727. The van der Waals surface area contributed by atoms with Gasteiger partial charge in [-0.3, -0.25) is 4.68 Å². The summed E-state index contributed by atoms with van der Waals surface area (Å²) in [5.41, 5.74) is 3.19. The maximum atomic E-state index is 5.50. The zero-order chi connectivity index (χ0) is 13.4. The Morgan fingerprint density at radius 2 is 2.11 bits per heavy atom. The lowest BCUT2D eigenvalue weighted by Gasteiger charge is -2.11. The number of para-hydroxylation sites is 1. The highest BCUT2D eigenvalue weighted by molar-refractivity contribution is 5.77. The van der Waals surface area contributed by atoms with E-state index in [9.17, 15) is 0 Å². The first-order valence-electron chi connectivity index (χ1n) is 6.27. The summed E-state index contributed by atoms with van der Waals surface area (Å²) in [5, 5.41) is 7.96. The van der Waals surface area contributed by atoms with E-state index in [1.54, 1.807) is 14.2 Å². The Balaban J connectivity index is 2.20. The van der Waals surface area contributed by atoms with E-state index < -0.39 is 0 Å². The van der Waals surface area contributed by atoms with Crippen molar-refractivity contribution in [3.05, 3.63) is 23.8 Å². The normalized spacial score (nSPS) is 13.0. The molecule has 0 amide bonds. The Labute approximate surface area is 112 Å². The van der Waals surface area contributed by atoms with Gasteiger partial charge in [-0.15, -0.1) is 0 Å². The zero-order valence-corrected chi connectivity index (χ0v) is 11.4. The molecule has 0 unspecified atom stereocenters. The molecule has 0 aliphatic carbocycles. The largest absolute Gasteiger partial charge is 0.493 e. The van der Waals surface area contributed by atoms with Crippen LogP contribution in [0.2, 0.25) is 0 Å². The van der Waals surface area contributed by atoms with E-state index in [1.165, 1.54) is 5.56 Å². The fourth-order valence-corrected chi connectivity index (χ4v) is 2.62. The lowest BCUT2D eigenvalue weighted by molar-refractivity contribution is 0.356. The number of aromatic nitrogens is 2. The van der Waals surface area contributed by atoms with Crippen LogP contribution in [-0.2, 0) is 13.5 Å². The first-order chi connectivity index (χ1) is 9.26. The summed E-state index contributed by atoms with van der Waals surface area (Å²) in [5.74, 6) is 2.56. The highest BCUT2D eigenvalue weighted by Gasteiger charge is 2.24. The van der Waals surface area contributed by atoms with E-state index in [2.05, 4.69) is 10.4 Å². The number of hydrogen-bond donors (Lipinski definition) is 1. The molecule has 0 atom stereocenters. The number of methoxy groups -OCH3 is 2. The summed E-state index contributed by atoms with van der Waals surface area (Å²) < 4.78 is 12.7. The molecule has 1 aliphatic rings. The van der Waals surface area contributed by atoms with Gasteiger partial charge in [0.15, 0.2) is 11.5 Å². The van der Waals surface area contributed by atoms with E-state index in [0.717, 1.165) is 41.5 Å². The standard InChI is InChI=1S/C14H17N3O2/c1-17-14-10(7-8-15-14)12(16-17)9-5-4-6-11(18-2)13(9)19-3/h4-6,15H,7-8H2,1-3H3. The van der Waals surface area contributed by atoms with Gasteiger partial charge in [0.2, 0.25) is 0 Å². The van der Waals surface area contributed by atoms with Gasteiger partial charge in [0.25, 0.3) is 0 Å². The number of hydrogen-bond acceptors (Lipinski definition) is 4. The van der Waals surface area contributed by atoms with E-state index in [1.807, 2.05) is 29.9 Å². The summed E-state index contributed by atoms with van der Waals surface area (Å²) in [7, 11) is 5.25. The van der Waals surface area contributed by atoms with Gasteiger partial charge in [0, 0.05) is 24.7 Å². The number of benzene rings is 1. The molecule has 5 nitrogen and oxygen atoms in total. The highest BCUT2D eigenvalue weighted by Crippen LogP contribution is 2.41. The minimum Gasteiger partial charge on any atom is -0.493 e. The number of nitrogens with zero attached hydrogens (tertiary/aromatic N) is 2. The first kappa shape index (κ1) is 11.9. The van der Waals surface area contributed by atoms with Crippen LogP contribution in [0.3, 0.4) is 0 Å². The molecular weight excluding hydrogens is 242 g/mol. The van der Waals surface area contributed by atoms with Crippen molar-refractivity contribution in [3.63, 3.8) is 0 Å². The molecule has 1 aromatic heterocycles. The molecule has 1 aliphatic heterocycles. The highest BCUT2D eigenvalue weighted by atomic mass is 16.5. The van der Waals surface area contributed by atoms with Crippen molar-refractivity contribution in [1.29, 1.82) is 0 Å². The van der Waals surface area contributed by atoms with Crippen LogP contribution in [0.25, 0.3) is 11.3 Å². The van der Waals surface area contributed by atoms with Crippen molar-refractivity contribution in [2.24, 2.45) is 7.05 Å². The summed E-state index contributed by atoms with van der Waals surface area (Å²) in [6.07, 6.45) is 0.985. The molecule has 0 spiro atoms. The molecule has 0 fully saturated rings. The van der Waals surface area contributed by atoms with Crippen molar-refractivity contribution in [3.8, 4) is 22.8 Å². The van der Waals surface area contributed by atoms with E-state index in [4.69, 9.17) is 9.47 Å². The predicted octanol–water partition coefficient (Wildman–Crippen LogP) is 2.07. The van der Waals surface area contributed by atoms with Gasteiger partial charge in [-0.25, -0.2) is 0 Å². The summed E-state index contributed by atoms with van der Waals surface area (Å²) in [6, 6.07) is 5.87. The van der Waals surface area contributed by atoms with Gasteiger partial charge in [-0.05, 0) is 18.6 Å². The number of fused-ring (bicyclic) bond motifs is 1. The fraction of sp³-hybridized carbons (Fsp3) is 0.357. The second-order valence-electron chi connectivity index (χ2n) is 4.52. The van der Waals surface area contributed by atoms with Gasteiger partial charge in [-0.1, -0.05) is 6.07 Å². The lowest BCUT2D eigenvalue weighted by atomic mass is 10.1. The molecule has 5 heteroatoms. The van der Waals surface area contributed by atoms with Gasteiger partial charge < -0.3 is 14.8 Å². The monoisotopic (exact) mass is 259 g/mol. The molecule has 0 radical (unpaired) electrons. The van der Waals surface area contributed by atoms with E-state index in [-0.39, 0.29) is 0 Å². The van der Waals surface area contributed by atoms with Crippen LogP contribution in [0, 0.1) is 0 Å². The first-order valence-corrected chi connectivity index (χ1v) is 6.27. The van der Waals surface area contributed by atoms with Crippen LogP contribution in [-0.4, -0.2) is 30.5 Å². The van der Waals surface area contributed by atoms with Crippen molar-refractivity contribution < 1.29 is 9.47 Å². The third kappa shape index (κ3) is 1.73. The van der Waals surface area contributed by atoms with Crippen LogP contribution >= 0.6 is 0 Å². The van der Waals surface area contributed by atoms with Crippen LogP contribution < -0.4 is 14.8 Å². The zero-order valence-electron chi connectivity index (χ0n) is 11.4. The number of aryl methyl sites for hydroxylation is 1. The van der Waals surface area contributed by atoms with Gasteiger partial charge >= 0.3 is 0 Å². The van der Waals surface area contributed by atoms with Crippen LogP contribution in [0.1, 0.15) is 5.56 Å². The Hall–Kier alpha value is -2.17. The topological polar surface area (TPSA) is 48.3 Å².